The molecule has 0 bridgehead atoms. The lowest BCUT2D eigenvalue weighted by Gasteiger charge is -2.14. The maximum absolute atomic E-state index is 13.7. The fraction of sp³-hybridized carbons (Fsp3) is 0.462. The van der Waals surface area contributed by atoms with Crippen LogP contribution in [0.25, 0.3) is 0 Å². The van der Waals surface area contributed by atoms with Gasteiger partial charge in [0.15, 0.2) is 0 Å². The zero-order chi connectivity index (χ0) is 11.7. The van der Waals surface area contributed by atoms with Crippen molar-refractivity contribution in [2.45, 2.75) is 26.2 Å². The molecule has 0 amide bonds. The maximum Gasteiger partial charge on any atom is 0.144 e. The second kappa shape index (κ2) is 4.54. The molecule has 2 rings (SSSR count). The Labute approximate surface area is 99.6 Å². The van der Waals surface area contributed by atoms with Crippen molar-refractivity contribution in [3.8, 4) is 0 Å². The molecule has 2 unspecified atom stereocenters. The number of halogens is 2. The predicted molar refractivity (Wildman–Crippen MR) is 62.0 cm³/mol. The van der Waals surface area contributed by atoms with Gasteiger partial charge in [-0.3, -0.25) is 4.79 Å². The van der Waals surface area contributed by atoms with E-state index in [1.807, 2.05) is 6.92 Å². The largest absolute Gasteiger partial charge is 0.299 e. The summed E-state index contributed by atoms with van der Waals surface area (Å²) in [5, 5.41) is 0.162. The molecule has 86 valence electrons. The summed E-state index contributed by atoms with van der Waals surface area (Å²) >= 11 is 5.72. The highest BCUT2D eigenvalue weighted by Gasteiger charge is 2.31. The van der Waals surface area contributed by atoms with Crippen molar-refractivity contribution in [1.29, 1.82) is 0 Å². The standard InChI is InChI=1S/C13H14ClFO/c1-8-9(5-6-12(8)16)7-10-3-2-4-11(14)13(10)15/h2-4,8-9H,5-7H2,1H3. The Morgan fingerprint density at radius 3 is 2.88 bits per heavy atom. The lowest BCUT2D eigenvalue weighted by molar-refractivity contribution is -0.120. The smallest absolute Gasteiger partial charge is 0.144 e. The van der Waals surface area contributed by atoms with Crippen molar-refractivity contribution in [1.82, 2.24) is 0 Å². The number of ketones is 1. The zero-order valence-electron chi connectivity index (χ0n) is 9.17. The lowest BCUT2D eigenvalue weighted by Crippen LogP contribution is -2.13. The normalized spacial score (nSPS) is 25.1. The fourth-order valence-electron chi connectivity index (χ4n) is 2.34. The quantitative estimate of drug-likeness (QED) is 0.772. The van der Waals surface area contributed by atoms with Gasteiger partial charge in [-0.05, 0) is 30.4 Å². The van der Waals surface area contributed by atoms with Gasteiger partial charge in [-0.15, -0.1) is 0 Å². The van der Waals surface area contributed by atoms with Crippen LogP contribution in [-0.2, 0) is 11.2 Å². The summed E-state index contributed by atoms with van der Waals surface area (Å²) in [4.78, 5) is 11.4. The fourth-order valence-corrected chi connectivity index (χ4v) is 2.53. The molecule has 0 radical (unpaired) electrons. The number of carbonyl (C=O) groups is 1. The number of carbonyl (C=O) groups excluding carboxylic acids is 1. The Morgan fingerprint density at radius 2 is 2.25 bits per heavy atom. The molecule has 3 heteroatoms. The average Bonchev–Trinajstić information content (AvgIpc) is 2.57. The van der Waals surface area contributed by atoms with Crippen LogP contribution in [0.4, 0.5) is 4.39 Å². The number of hydrogen-bond acceptors (Lipinski definition) is 1. The van der Waals surface area contributed by atoms with Gasteiger partial charge in [-0.25, -0.2) is 4.39 Å². The first-order valence-electron chi connectivity index (χ1n) is 5.55. The van der Waals surface area contributed by atoms with Crippen molar-refractivity contribution in [3.63, 3.8) is 0 Å². The van der Waals surface area contributed by atoms with Gasteiger partial charge >= 0.3 is 0 Å². The van der Waals surface area contributed by atoms with Crippen LogP contribution in [-0.4, -0.2) is 5.78 Å². The van der Waals surface area contributed by atoms with Gasteiger partial charge < -0.3 is 0 Å². The van der Waals surface area contributed by atoms with E-state index < -0.39 is 0 Å². The molecule has 1 aromatic rings. The van der Waals surface area contributed by atoms with Crippen molar-refractivity contribution in [3.05, 3.63) is 34.6 Å². The Kier molecular flexibility index (Phi) is 3.29. The minimum Gasteiger partial charge on any atom is -0.299 e. The van der Waals surface area contributed by atoms with Crippen LogP contribution in [0.15, 0.2) is 18.2 Å². The van der Waals surface area contributed by atoms with Crippen LogP contribution in [0.3, 0.4) is 0 Å². The molecular formula is C13H14ClFO. The molecule has 0 saturated heterocycles. The lowest BCUT2D eigenvalue weighted by atomic mass is 9.90. The molecule has 1 saturated carbocycles. The van der Waals surface area contributed by atoms with E-state index >= 15 is 0 Å². The van der Waals surface area contributed by atoms with Crippen LogP contribution < -0.4 is 0 Å². The van der Waals surface area contributed by atoms with Gasteiger partial charge in [-0.2, -0.15) is 0 Å². The van der Waals surface area contributed by atoms with Crippen LogP contribution in [0.5, 0.6) is 0 Å². The molecular weight excluding hydrogens is 227 g/mol. The van der Waals surface area contributed by atoms with Crippen LogP contribution in [0.1, 0.15) is 25.3 Å². The molecule has 1 aliphatic carbocycles. The van der Waals surface area contributed by atoms with Crippen molar-refractivity contribution in [2.75, 3.05) is 0 Å². The van der Waals surface area contributed by atoms with Crippen molar-refractivity contribution < 1.29 is 9.18 Å². The van der Waals surface area contributed by atoms with Gasteiger partial charge in [0.25, 0.3) is 0 Å². The zero-order valence-corrected chi connectivity index (χ0v) is 9.93. The van der Waals surface area contributed by atoms with E-state index in [9.17, 15) is 9.18 Å². The summed E-state index contributed by atoms with van der Waals surface area (Å²) in [6.07, 6.45) is 2.11. The second-order valence-electron chi connectivity index (χ2n) is 4.47. The molecule has 0 N–H and O–H groups in total. The van der Waals surface area contributed by atoms with E-state index in [4.69, 9.17) is 11.6 Å². The molecule has 16 heavy (non-hydrogen) atoms. The Hall–Kier alpha value is -0.890. The first-order chi connectivity index (χ1) is 7.59. The minimum absolute atomic E-state index is 0.0541. The minimum atomic E-state index is -0.337. The molecule has 2 atom stereocenters. The number of Topliss-reactive ketones (excluding diaryl/α,β-unsaturated/α-hetero) is 1. The van der Waals surface area contributed by atoms with Crippen molar-refractivity contribution in [2.24, 2.45) is 11.8 Å². The van der Waals surface area contributed by atoms with Gasteiger partial charge in [0, 0.05) is 12.3 Å². The third-order valence-electron chi connectivity index (χ3n) is 3.49. The molecule has 1 fully saturated rings. The Morgan fingerprint density at radius 1 is 1.50 bits per heavy atom. The third-order valence-corrected chi connectivity index (χ3v) is 3.78. The molecule has 1 aromatic carbocycles. The van der Waals surface area contributed by atoms with E-state index in [2.05, 4.69) is 0 Å². The number of benzene rings is 1. The molecule has 0 aromatic heterocycles. The highest BCUT2D eigenvalue weighted by molar-refractivity contribution is 6.30. The number of hydrogen-bond donors (Lipinski definition) is 0. The highest BCUT2D eigenvalue weighted by atomic mass is 35.5. The summed E-state index contributed by atoms with van der Waals surface area (Å²) in [6.45, 7) is 1.93. The second-order valence-corrected chi connectivity index (χ2v) is 4.88. The Bertz CT molecular complexity index is 416. The molecule has 0 heterocycles. The van der Waals surface area contributed by atoms with E-state index in [-0.39, 0.29) is 22.7 Å². The van der Waals surface area contributed by atoms with E-state index in [1.165, 1.54) is 0 Å². The molecule has 1 nitrogen and oxygen atoms in total. The van der Waals surface area contributed by atoms with Gasteiger partial charge in [0.2, 0.25) is 0 Å². The summed E-state index contributed by atoms with van der Waals surface area (Å²) in [5.74, 6) is 0.280. The summed E-state index contributed by atoms with van der Waals surface area (Å²) < 4.78 is 13.7. The first kappa shape index (κ1) is 11.6. The van der Waals surface area contributed by atoms with Gasteiger partial charge in [-0.1, -0.05) is 30.7 Å². The third kappa shape index (κ3) is 2.12. The summed E-state index contributed by atoms with van der Waals surface area (Å²) in [5.41, 5.74) is 0.624. The summed E-state index contributed by atoms with van der Waals surface area (Å²) in [6, 6.07) is 5.04. The Balaban J connectivity index is 2.15. The molecule has 0 spiro atoms. The maximum atomic E-state index is 13.7. The molecule has 1 aliphatic rings. The average molecular weight is 241 g/mol. The number of rotatable bonds is 2. The van der Waals surface area contributed by atoms with E-state index in [0.29, 0.717) is 24.2 Å². The van der Waals surface area contributed by atoms with E-state index in [0.717, 1.165) is 6.42 Å². The monoisotopic (exact) mass is 240 g/mol. The van der Waals surface area contributed by atoms with E-state index in [1.54, 1.807) is 18.2 Å². The highest BCUT2D eigenvalue weighted by Crippen LogP contribution is 2.32. The molecule has 0 aliphatic heterocycles. The van der Waals surface area contributed by atoms with Crippen LogP contribution >= 0.6 is 11.6 Å². The topological polar surface area (TPSA) is 17.1 Å². The van der Waals surface area contributed by atoms with Crippen LogP contribution in [0, 0.1) is 17.7 Å². The predicted octanol–water partition coefficient (Wildman–Crippen LogP) is 3.64. The van der Waals surface area contributed by atoms with Gasteiger partial charge in [0.05, 0.1) is 5.02 Å². The van der Waals surface area contributed by atoms with Crippen molar-refractivity contribution >= 4 is 17.4 Å². The van der Waals surface area contributed by atoms with Crippen LogP contribution in [0.2, 0.25) is 5.02 Å². The summed E-state index contributed by atoms with van der Waals surface area (Å²) in [7, 11) is 0. The SMILES string of the molecule is CC1C(=O)CCC1Cc1cccc(Cl)c1F. The van der Waals surface area contributed by atoms with Gasteiger partial charge in [0.1, 0.15) is 11.6 Å². The first-order valence-corrected chi connectivity index (χ1v) is 5.93.